The number of carbonyl (C=O) groups excluding carboxylic acids is 2. The lowest BCUT2D eigenvalue weighted by Crippen LogP contribution is -2.45. The van der Waals surface area contributed by atoms with Crippen molar-refractivity contribution in [3.05, 3.63) is 59.7 Å². The summed E-state index contributed by atoms with van der Waals surface area (Å²) in [6.45, 7) is 5.16. The molecule has 0 spiro atoms. The first kappa shape index (κ1) is 23.4. The van der Waals surface area contributed by atoms with E-state index in [4.69, 9.17) is 4.74 Å². The molecule has 5 rings (SSSR count). The fourth-order valence-corrected chi connectivity index (χ4v) is 5.88. The number of carbonyl (C=O) groups is 3. The minimum absolute atomic E-state index is 0.00202. The summed E-state index contributed by atoms with van der Waals surface area (Å²) >= 11 is 0. The highest BCUT2D eigenvalue weighted by molar-refractivity contribution is 5.80. The molecule has 7 heteroatoms. The lowest BCUT2D eigenvalue weighted by molar-refractivity contribution is -0.139. The van der Waals surface area contributed by atoms with E-state index in [1.54, 1.807) is 4.90 Å². The molecule has 35 heavy (non-hydrogen) atoms. The lowest BCUT2D eigenvalue weighted by atomic mass is 9.97. The number of alkyl carbamates (subject to hydrolysis) is 1. The van der Waals surface area contributed by atoms with Crippen LogP contribution in [0.2, 0.25) is 0 Å². The van der Waals surface area contributed by atoms with Crippen molar-refractivity contribution in [2.75, 3.05) is 19.7 Å². The Hall–Kier alpha value is -3.35. The van der Waals surface area contributed by atoms with Crippen LogP contribution in [0.1, 0.15) is 50.2 Å². The van der Waals surface area contributed by atoms with E-state index >= 15 is 0 Å². The van der Waals surface area contributed by atoms with Crippen LogP contribution in [-0.2, 0) is 14.3 Å². The van der Waals surface area contributed by atoms with E-state index < -0.39 is 17.6 Å². The Morgan fingerprint density at radius 2 is 1.66 bits per heavy atom. The molecule has 3 aliphatic rings. The Balaban J connectivity index is 1.11. The highest BCUT2D eigenvalue weighted by Gasteiger charge is 2.57. The zero-order chi connectivity index (χ0) is 24.7. The molecular formula is C28H32N2O5. The molecule has 2 N–H and O–H groups in total. The number of carboxylic acid groups (broad SMARTS) is 1. The zero-order valence-electron chi connectivity index (χ0n) is 20.2. The van der Waals surface area contributed by atoms with Gasteiger partial charge in [0.15, 0.2) is 0 Å². The molecule has 2 aliphatic carbocycles. The Labute approximate surface area is 205 Å². The first-order valence-corrected chi connectivity index (χ1v) is 12.4. The molecule has 2 aromatic carbocycles. The third-order valence-electron chi connectivity index (χ3n) is 7.88. The SMILES string of the molecule is CC(C)(CCC(=O)N1CC[C@H]2C(C(=O)O)[C@H]2C1)NC(=O)OCC1c2ccccc2-c2ccccc21. The molecule has 2 amide bonds. The maximum absolute atomic E-state index is 12.7. The van der Waals surface area contributed by atoms with Crippen LogP contribution in [0.25, 0.3) is 11.1 Å². The number of nitrogens with zero attached hydrogens (tertiary/aromatic N) is 1. The number of ether oxygens (including phenoxy) is 1. The first-order chi connectivity index (χ1) is 16.7. The molecule has 7 nitrogen and oxygen atoms in total. The number of benzene rings is 2. The van der Waals surface area contributed by atoms with Gasteiger partial charge in [0.25, 0.3) is 0 Å². The van der Waals surface area contributed by atoms with E-state index in [9.17, 15) is 19.5 Å². The normalized spacial score (nSPS) is 22.6. The summed E-state index contributed by atoms with van der Waals surface area (Å²) in [5, 5.41) is 12.2. The van der Waals surface area contributed by atoms with Crippen LogP contribution < -0.4 is 5.32 Å². The summed E-state index contributed by atoms with van der Waals surface area (Å²) in [4.78, 5) is 38.4. The second-order valence-electron chi connectivity index (χ2n) is 10.7. The van der Waals surface area contributed by atoms with Crippen LogP contribution in [0.15, 0.2) is 48.5 Å². The van der Waals surface area contributed by atoms with E-state index in [2.05, 4.69) is 29.6 Å². The highest BCUT2D eigenvalue weighted by Crippen LogP contribution is 2.51. The fourth-order valence-electron chi connectivity index (χ4n) is 5.88. The van der Waals surface area contributed by atoms with E-state index in [0.717, 1.165) is 17.5 Å². The average molecular weight is 477 g/mol. The largest absolute Gasteiger partial charge is 0.481 e. The van der Waals surface area contributed by atoms with Gasteiger partial charge in [-0.1, -0.05) is 48.5 Å². The maximum Gasteiger partial charge on any atom is 0.407 e. The number of piperidine rings is 1. The van der Waals surface area contributed by atoms with Crippen molar-refractivity contribution in [1.29, 1.82) is 0 Å². The van der Waals surface area contributed by atoms with Gasteiger partial charge in [0.2, 0.25) is 5.91 Å². The number of rotatable bonds is 7. The molecule has 1 saturated heterocycles. The number of carboxylic acids is 1. The molecule has 1 saturated carbocycles. The molecule has 0 bridgehead atoms. The predicted octanol–water partition coefficient (Wildman–Crippen LogP) is 4.26. The van der Waals surface area contributed by atoms with Crippen LogP contribution in [0, 0.1) is 17.8 Å². The molecule has 3 atom stereocenters. The molecule has 1 unspecified atom stereocenters. The van der Waals surface area contributed by atoms with E-state index in [1.807, 2.05) is 38.1 Å². The van der Waals surface area contributed by atoms with Crippen molar-refractivity contribution in [3.63, 3.8) is 0 Å². The van der Waals surface area contributed by atoms with Crippen LogP contribution >= 0.6 is 0 Å². The zero-order valence-corrected chi connectivity index (χ0v) is 20.2. The maximum atomic E-state index is 12.7. The van der Waals surface area contributed by atoms with Gasteiger partial charge in [0, 0.05) is 31.0 Å². The van der Waals surface area contributed by atoms with Crippen molar-refractivity contribution in [3.8, 4) is 11.1 Å². The molecular weight excluding hydrogens is 444 g/mol. The Morgan fingerprint density at radius 3 is 2.29 bits per heavy atom. The molecule has 2 aromatic rings. The number of hydrogen-bond donors (Lipinski definition) is 2. The number of aliphatic carboxylic acids is 1. The molecule has 2 fully saturated rings. The van der Waals surface area contributed by atoms with Crippen molar-refractivity contribution < 1.29 is 24.2 Å². The van der Waals surface area contributed by atoms with Crippen LogP contribution in [0.5, 0.6) is 0 Å². The van der Waals surface area contributed by atoms with Gasteiger partial charge in [0.05, 0.1) is 5.92 Å². The third kappa shape index (κ3) is 4.64. The molecule has 1 heterocycles. The number of fused-ring (bicyclic) bond motifs is 4. The molecule has 0 radical (unpaired) electrons. The minimum Gasteiger partial charge on any atom is -0.481 e. The first-order valence-electron chi connectivity index (χ1n) is 12.4. The smallest absolute Gasteiger partial charge is 0.407 e. The number of likely N-dealkylation sites (tertiary alicyclic amines) is 1. The van der Waals surface area contributed by atoms with Gasteiger partial charge < -0.3 is 20.1 Å². The molecule has 184 valence electrons. The third-order valence-corrected chi connectivity index (χ3v) is 7.88. The van der Waals surface area contributed by atoms with Crippen molar-refractivity contribution >= 4 is 18.0 Å². The van der Waals surface area contributed by atoms with E-state index in [-0.39, 0.29) is 36.2 Å². The van der Waals surface area contributed by atoms with Gasteiger partial charge in [-0.3, -0.25) is 9.59 Å². The molecule has 0 aromatic heterocycles. The number of hydrogen-bond acceptors (Lipinski definition) is 4. The van der Waals surface area contributed by atoms with Crippen LogP contribution in [0.3, 0.4) is 0 Å². The second kappa shape index (κ2) is 9.02. The van der Waals surface area contributed by atoms with Crippen LogP contribution in [-0.4, -0.2) is 53.2 Å². The summed E-state index contributed by atoms with van der Waals surface area (Å²) in [6, 6.07) is 16.4. The Morgan fingerprint density at radius 1 is 1.03 bits per heavy atom. The van der Waals surface area contributed by atoms with Crippen molar-refractivity contribution in [2.24, 2.45) is 17.8 Å². The Bertz CT molecular complexity index is 1110. The van der Waals surface area contributed by atoms with Gasteiger partial charge in [-0.05, 0) is 60.8 Å². The monoisotopic (exact) mass is 476 g/mol. The number of amides is 2. The van der Waals surface area contributed by atoms with Crippen molar-refractivity contribution in [2.45, 2.75) is 44.6 Å². The summed E-state index contributed by atoms with van der Waals surface area (Å²) in [7, 11) is 0. The second-order valence-corrected chi connectivity index (χ2v) is 10.7. The fraction of sp³-hybridized carbons (Fsp3) is 0.464. The van der Waals surface area contributed by atoms with Gasteiger partial charge in [-0.15, -0.1) is 0 Å². The minimum atomic E-state index is -0.747. The van der Waals surface area contributed by atoms with Gasteiger partial charge in [0.1, 0.15) is 6.61 Å². The van der Waals surface area contributed by atoms with E-state index in [1.165, 1.54) is 11.1 Å². The number of nitrogens with one attached hydrogen (secondary N) is 1. The summed E-state index contributed by atoms with van der Waals surface area (Å²) in [5.41, 5.74) is 4.08. The average Bonchev–Trinajstić information content (AvgIpc) is 3.48. The lowest BCUT2D eigenvalue weighted by Gasteiger charge is -2.29. The summed E-state index contributed by atoms with van der Waals surface area (Å²) in [5.74, 6) is -0.706. The standard InChI is InChI=1S/C28H32N2O5/c1-28(2,13-11-24(31)30-14-12-21-22(15-30)25(21)26(32)33)29-27(34)35-16-23-19-9-5-3-7-17(19)18-8-4-6-10-20(18)23/h3-10,21-23,25H,11-16H2,1-2H3,(H,29,34)(H,32,33)/t21-,22+,25?/m1/s1. The predicted molar refractivity (Wildman–Crippen MR) is 131 cm³/mol. The molecule has 1 aliphatic heterocycles. The quantitative estimate of drug-likeness (QED) is 0.622. The summed E-state index contributed by atoms with van der Waals surface area (Å²) in [6.07, 6.45) is 1.04. The highest BCUT2D eigenvalue weighted by atomic mass is 16.5. The van der Waals surface area contributed by atoms with Crippen molar-refractivity contribution in [1.82, 2.24) is 10.2 Å². The van der Waals surface area contributed by atoms with E-state index in [0.29, 0.717) is 25.9 Å². The van der Waals surface area contributed by atoms with Gasteiger partial charge in [-0.25, -0.2) is 4.79 Å². The van der Waals surface area contributed by atoms with Crippen LogP contribution in [0.4, 0.5) is 4.79 Å². The summed E-state index contributed by atoms with van der Waals surface area (Å²) < 4.78 is 5.65. The topological polar surface area (TPSA) is 95.9 Å². The Kier molecular flexibility index (Phi) is 6.03. The van der Waals surface area contributed by atoms with Gasteiger partial charge >= 0.3 is 12.1 Å². The van der Waals surface area contributed by atoms with Gasteiger partial charge in [-0.2, -0.15) is 0 Å².